The minimum absolute atomic E-state index is 0.833. The molecule has 88 valence electrons. The molecule has 0 fully saturated rings. The maximum Gasteiger partial charge on any atom is 0.119 e. The molecule has 0 bridgehead atoms. The van der Waals surface area contributed by atoms with E-state index in [1.165, 1.54) is 18.4 Å². The van der Waals surface area contributed by atoms with E-state index in [1.54, 1.807) is 0 Å². The lowest BCUT2D eigenvalue weighted by atomic mass is 10.1. The van der Waals surface area contributed by atoms with Crippen LogP contribution in [-0.4, -0.2) is 6.61 Å². The molecule has 0 saturated carbocycles. The number of allylic oxidation sites excluding steroid dienone is 1. The van der Waals surface area contributed by atoms with Gasteiger partial charge in [0, 0.05) is 0 Å². The Balaban J connectivity index is 2.30. The van der Waals surface area contributed by atoms with Crippen LogP contribution in [0.25, 0.3) is 0 Å². The topological polar surface area (TPSA) is 9.23 Å². The van der Waals surface area contributed by atoms with E-state index in [0.29, 0.717) is 0 Å². The lowest BCUT2D eigenvalue weighted by molar-refractivity contribution is 0.306. The highest BCUT2D eigenvalue weighted by Gasteiger charge is 1.95. The van der Waals surface area contributed by atoms with Gasteiger partial charge in [-0.3, -0.25) is 0 Å². The van der Waals surface area contributed by atoms with E-state index in [9.17, 15) is 0 Å². The largest absolute Gasteiger partial charge is 0.494 e. The van der Waals surface area contributed by atoms with Crippen LogP contribution in [0.5, 0.6) is 5.75 Å². The molecule has 0 saturated heterocycles. The number of rotatable bonds is 8. The smallest absolute Gasteiger partial charge is 0.119 e. The molecule has 0 unspecified atom stereocenters. The molecule has 1 rings (SSSR count). The van der Waals surface area contributed by atoms with Crippen molar-refractivity contribution in [3.05, 3.63) is 42.5 Å². The van der Waals surface area contributed by atoms with Crippen LogP contribution in [0.4, 0.5) is 0 Å². The predicted molar refractivity (Wildman–Crippen MR) is 70.0 cm³/mol. The third-order valence-corrected chi connectivity index (χ3v) is 2.58. The first kappa shape index (κ1) is 12.8. The number of benzene rings is 1. The average Bonchev–Trinajstić information content (AvgIpc) is 2.33. The standard InChI is InChI=1S/C15H22O/c1-3-5-7-13-16-15-11-9-14(10-12-15)8-6-4-2/h4,9-12H,2-3,5-8,13H2,1H3. The Bertz CT molecular complexity index is 287. The SMILES string of the molecule is C=CCCc1ccc(OCCCCC)cc1. The number of ether oxygens (including phenoxy) is 1. The van der Waals surface area contributed by atoms with Crippen LogP contribution in [0.1, 0.15) is 38.2 Å². The molecule has 16 heavy (non-hydrogen) atoms. The van der Waals surface area contributed by atoms with Crippen LogP contribution >= 0.6 is 0 Å². The van der Waals surface area contributed by atoms with Crippen molar-refractivity contribution in [3.8, 4) is 5.75 Å². The molecule has 1 aromatic carbocycles. The number of hydrogen-bond acceptors (Lipinski definition) is 1. The average molecular weight is 218 g/mol. The summed E-state index contributed by atoms with van der Waals surface area (Å²) in [6, 6.07) is 8.39. The molecule has 0 aromatic heterocycles. The molecule has 0 aliphatic carbocycles. The quantitative estimate of drug-likeness (QED) is 0.465. The summed E-state index contributed by atoms with van der Waals surface area (Å²) in [6.45, 7) is 6.76. The Morgan fingerprint density at radius 3 is 2.56 bits per heavy atom. The summed E-state index contributed by atoms with van der Waals surface area (Å²) < 4.78 is 5.65. The Morgan fingerprint density at radius 1 is 1.19 bits per heavy atom. The van der Waals surface area contributed by atoms with Crippen LogP contribution in [-0.2, 0) is 6.42 Å². The van der Waals surface area contributed by atoms with Crippen molar-refractivity contribution >= 4 is 0 Å². The zero-order chi connectivity index (χ0) is 11.6. The van der Waals surface area contributed by atoms with Gasteiger partial charge in [-0.15, -0.1) is 6.58 Å². The fourth-order valence-electron chi connectivity index (χ4n) is 1.56. The molecule has 0 aliphatic rings. The van der Waals surface area contributed by atoms with E-state index in [-0.39, 0.29) is 0 Å². The van der Waals surface area contributed by atoms with E-state index < -0.39 is 0 Å². The number of hydrogen-bond donors (Lipinski definition) is 0. The first-order chi connectivity index (χ1) is 7.86. The van der Waals surface area contributed by atoms with Crippen LogP contribution < -0.4 is 4.74 Å². The monoisotopic (exact) mass is 218 g/mol. The van der Waals surface area contributed by atoms with Gasteiger partial charge >= 0.3 is 0 Å². The van der Waals surface area contributed by atoms with Gasteiger partial charge in [-0.1, -0.05) is 38.0 Å². The maximum atomic E-state index is 5.65. The molecule has 0 radical (unpaired) electrons. The molecular weight excluding hydrogens is 196 g/mol. The van der Waals surface area contributed by atoms with Crippen LogP contribution in [0.15, 0.2) is 36.9 Å². The van der Waals surface area contributed by atoms with Crippen molar-refractivity contribution in [1.82, 2.24) is 0 Å². The van der Waals surface area contributed by atoms with Crippen molar-refractivity contribution in [1.29, 1.82) is 0 Å². The van der Waals surface area contributed by atoms with Crippen molar-refractivity contribution in [2.45, 2.75) is 39.0 Å². The molecular formula is C15H22O. The van der Waals surface area contributed by atoms with Crippen molar-refractivity contribution in [2.24, 2.45) is 0 Å². The minimum atomic E-state index is 0.833. The lowest BCUT2D eigenvalue weighted by Crippen LogP contribution is -1.96. The molecule has 0 N–H and O–H groups in total. The Kier molecular flexibility index (Phi) is 6.39. The molecule has 0 spiro atoms. The molecule has 1 aromatic rings. The van der Waals surface area contributed by atoms with Gasteiger partial charge in [0.2, 0.25) is 0 Å². The summed E-state index contributed by atoms with van der Waals surface area (Å²) in [5, 5.41) is 0. The second-order valence-electron chi connectivity index (χ2n) is 4.03. The Hall–Kier alpha value is -1.24. The highest BCUT2D eigenvalue weighted by Crippen LogP contribution is 2.14. The van der Waals surface area contributed by atoms with Gasteiger partial charge in [0.05, 0.1) is 6.61 Å². The normalized spacial score (nSPS) is 10.1. The fourth-order valence-corrected chi connectivity index (χ4v) is 1.56. The zero-order valence-electron chi connectivity index (χ0n) is 10.2. The van der Waals surface area contributed by atoms with Gasteiger partial charge < -0.3 is 4.74 Å². The van der Waals surface area contributed by atoms with Crippen LogP contribution in [0.3, 0.4) is 0 Å². The van der Waals surface area contributed by atoms with Crippen LogP contribution in [0.2, 0.25) is 0 Å². The highest BCUT2D eigenvalue weighted by molar-refractivity contribution is 5.27. The van der Waals surface area contributed by atoms with E-state index in [4.69, 9.17) is 4.74 Å². The summed E-state index contributed by atoms with van der Waals surface area (Å²) in [4.78, 5) is 0. The predicted octanol–water partition coefficient (Wildman–Crippen LogP) is 4.37. The van der Waals surface area contributed by atoms with E-state index >= 15 is 0 Å². The van der Waals surface area contributed by atoms with Crippen LogP contribution in [0, 0.1) is 0 Å². The second kappa shape index (κ2) is 7.98. The molecule has 0 amide bonds. The summed E-state index contributed by atoms with van der Waals surface area (Å²) in [5.41, 5.74) is 1.35. The second-order valence-corrected chi connectivity index (χ2v) is 4.03. The van der Waals surface area contributed by atoms with Gasteiger partial charge in [-0.05, 0) is 37.0 Å². The Labute approximate surface area is 99.1 Å². The van der Waals surface area contributed by atoms with E-state index in [2.05, 4.69) is 37.8 Å². The van der Waals surface area contributed by atoms with Crippen molar-refractivity contribution < 1.29 is 4.74 Å². The van der Waals surface area contributed by atoms with E-state index in [1.807, 2.05) is 6.08 Å². The summed E-state index contributed by atoms with van der Waals surface area (Å²) >= 11 is 0. The van der Waals surface area contributed by atoms with Gasteiger partial charge in [0.1, 0.15) is 5.75 Å². The van der Waals surface area contributed by atoms with Crippen molar-refractivity contribution in [3.63, 3.8) is 0 Å². The van der Waals surface area contributed by atoms with Crippen molar-refractivity contribution in [2.75, 3.05) is 6.61 Å². The van der Waals surface area contributed by atoms with E-state index in [0.717, 1.165) is 31.6 Å². The lowest BCUT2D eigenvalue weighted by Gasteiger charge is -2.06. The fraction of sp³-hybridized carbons (Fsp3) is 0.467. The Morgan fingerprint density at radius 2 is 1.94 bits per heavy atom. The molecule has 0 atom stereocenters. The molecule has 1 heteroatoms. The summed E-state index contributed by atoms with van der Waals surface area (Å²) in [5.74, 6) is 0.985. The van der Waals surface area contributed by atoms with Gasteiger partial charge in [-0.25, -0.2) is 0 Å². The van der Waals surface area contributed by atoms with Gasteiger partial charge in [-0.2, -0.15) is 0 Å². The third-order valence-electron chi connectivity index (χ3n) is 2.58. The highest BCUT2D eigenvalue weighted by atomic mass is 16.5. The maximum absolute atomic E-state index is 5.65. The third kappa shape index (κ3) is 5.01. The van der Waals surface area contributed by atoms with Gasteiger partial charge in [0.25, 0.3) is 0 Å². The zero-order valence-corrected chi connectivity index (χ0v) is 10.2. The molecule has 0 aliphatic heterocycles. The summed E-state index contributed by atoms with van der Waals surface area (Å²) in [6.07, 6.45) is 7.70. The first-order valence-corrected chi connectivity index (χ1v) is 6.19. The number of aryl methyl sites for hydroxylation is 1. The summed E-state index contributed by atoms with van der Waals surface area (Å²) in [7, 11) is 0. The molecule has 0 heterocycles. The molecule has 1 nitrogen and oxygen atoms in total. The first-order valence-electron chi connectivity index (χ1n) is 6.19. The number of unbranched alkanes of at least 4 members (excludes halogenated alkanes) is 2. The minimum Gasteiger partial charge on any atom is -0.494 e. The van der Waals surface area contributed by atoms with Gasteiger partial charge in [0.15, 0.2) is 0 Å².